The van der Waals surface area contributed by atoms with E-state index in [2.05, 4.69) is 10.1 Å². The fourth-order valence-electron chi connectivity index (χ4n) is 1.95. The van der Waals surface area contributed by atoms with E-state index in [1.54, 1.807) is 0 Å². The maximum atomic E-state index is 11.3. The molecule has 0 amide bonds. The van der Waals surface area contributed by atoms with Crippen LogP contribution in [0.4, 0.5) is 0 Å². The molecule has 0 aromatic carbocycles. The lowest BCUT2D eigenvalue weighted by atomic mass is 9.93. The summed E-state index contributed by atoms with van der Waals surface area (Å²) in [4.78, 5) is 4.20. The van der Waals surface area contributed by atoms with Crippen molar-refractivity contribution in [1.29, 1.82) is 0 Å². The van der Waals surface area contributed by atoms with Crippen LogP contribution in [-0.2, 0) is 16.3 Å². The molecule has 6 nitrogen and oxygen atoms in total. The first kappa shape index (κ1) is 13.5. The Morgan fingerprint density at radius 1 is 1.39 bits per heavy atom. The third kappa shape index (κ3) is 3.08. The molecule has 7 heteroatoms. The molecule has 1 aromatic heterocycles. The average Bonchev–Trinajstić information content (AvgIpc) is 2.72. The van der Waals surface area contributed by atoms with E-state index < -0.39 is 15.4 Å². The molecule has 0 saturated carbocycles. The molecular weight excluding hydrogens is 256 g/mol. The second kappa shape index (κ2) is 4.62. The molecule has 1 N–H and O–H groups in total. The minimum atomic E-state index is -2.98. The molecule has 0 atom stereocenters. The van der Waals surface area contributed by atoms with Crippen molar-refractivity contribution in [2.45, 2.75) is 44.6 Å². The van der Waals surface area contributed by atoms with Gasteiger partial charge < -0.3 is 9.63 Å². The highest BCUT2D eigenvalue weighted by molar-refractivity contribution is 7.91. The second-order valence-electron chi connectivity index (χ2n) is 5.25. The van der Waals surface area contributed by atoms with Crippen molar-refractivity contribution < 1.29 is 18.0 Å². The predicted octanol–water partition coefficient (Wildman–Crippen LogP) is 0.675. The molecule has 0 radical (unpaired) electrons. The van der Waals surface area contributed by atoms with Gasteiger partial charge in [0.05, 0.1) is 23.5 Å². The van der Waals surface area contributed by atoms with Gasteiger partial charge in [-0.05, 0) is 12.8 Å². The molecule has 1 saturated heterocycles. The molecule has 0 spiro atoms. The van der Waals surface area contributed by atoms with Gasteiger partial charge in [0.15, 0.2) is 15.7 Å². The first-order valence-corrected chi connectivity index (χ1v) is 7.87. The summed E-state index contributed by atoms with van der Waals surface area (Å²) in [7, 11) is -2.98. The highest BCUT2D eigenvalue weighted by Crippen LogP contribution is 2.27. The van der Waals surface area contributed by atoms with Crippen LogP contribution in [0.15, 0.2) is 4.52 Å². The Hall–Kier alpha value is -0.950. The number of nitrogens with zero attached hydrogens (tertiary/aromatic N) is 2. The SMILES string of the molecule is CC(C)c1noc(CC2(O)CCS(=O)(=O)CC2)n1. The van der Waals surface area contributed by atoms with Gasteiger partial charge in [-0.15, -0.1) is 0 Å². The van der Waals surface area contributed by atoms with Crippen molar-refractivity contribution in [3.05, 3.63) is 11.7 Å². The summed E-state index contributed by atoms with van der Waals surface area (Å²) in [6.07, 6.45) is 0.686. The quantitative estimate of drug-likeness (QED) is 0.871. The van der Waals surface area contributed by atoms with Crippen LogP contribution in [0.2, 0.25) is 0 Å². The van der Waals surface area contributed by atoms with E-state index in [1.807, 2.05) is 13.8 Å². The van der Waals surface area contributed by atoms with Crippen molar-refractivity contribution in [3.63, 3.8) is 0 Å². The summed E-state index contributed by atoms with van der Waals surface area (Å²) in [5, 5.41) is 14.1. The smallest absolute Gasteiger partial charge is 0.229 e. The average molecular weight is 274 g/mol. The second-order valence-corrected chi connectivity index (χ2v) is 7.56. The fraction of sp³-hybridized carbons (Fsp3) is 0.818. The van der Waals surface area contributed by atoms with Crippen molar-refractivity contribution in [2.24, 2.45) is 0 Å². The Morgan fingerprint density at radius 3 is 2.50 bits per heavy atom. The first-order valence-electron chi connectivity index (χ1n) is 6.05. The van der Waals surface area contributed by atoms with Gasteiger partial charge in [0.25, 0.3) is 0 Å². The van der Waals surface area contributed by atoms with Crippen LogP contribution in [-0.4, -0.2) is 40.8 Å². The van der Waals surface area contributed by atoms with E-state index >= 15 is 0 Å². The normalized spacial score (nSPS) is 22.2. The van der Waals surface area contributed by atoms with Gasteiger partial charge in [-0.3, -0.25) is 0 Å². The third-order valence-electron chi connectivity index (χ3n) is 3.24. The van der Waals surface area contributed by atoms with Gasteiger partial charge in [-0.1, -0.05) is 19.0 Å². The van der Waals surface area contributed by atoms with E-state index in [4.69, 9.17) is 4.52 Å². The Morgan fingerprint density at radius 2 is 2.00 bits per heavy atom. The molecule has 0 aliphatic carbocycles. The first-order chi connectivity index (χ1) is 8.30. The minimum Gasteiger partial charge on any atom is -0.389 e. The van der Waals surface area contributed by atoms with Crippen LogP contribution in [0.3, 0.4) is 0 Å². The number of hydrogen-bond donors (Lipinski definition) is 1. The Kier molecular flexibility index (Phi) is 3.46. The summed E-state index contributed by atoms with van der Waals surface area (Å²) >= 11 is 0. The third-order valence-corrected chi connectivity index (χ3v) is 4.89. The summed E-state index contributed by atoms with van der Waals surface area (Å²) in [6.45, 7) is 3.91. The van der Waals surface area contributed by atoms with Gasteiger partial charge in [-0.25, -0.2) is 8.42 Å². The highest BCUT2D eigenvalue weighted by Gasteiger charge is 2.37. The van der Waals surface area contributed by atoms with Crippen LogP contribution >= 0.6 is 0 Å². The largest absolute Gasteiger partial charge is 0.389 e. The Bertz CT molecular complexity index is 507. The summed E-state index contributed by atoms with van der Waals surface area (Å²) in [6, 6.07) is 0. The summed E-state index contributed by atoms with van der Waals surface area (Å²) < 4.78 is 27.7. The van der Waals surface area contributed by atoms with Crippen molar-refractivity contribution >= 4 is 9.84 Å². The van der Waals surface area contributed by atoms with Crippen LogP contribution in [0.5, 0.6) is 0 Å². The monoisotopic (exact) mass is 274 g/mol. The molecule has 1 aromatic rings. The molecule has 2 heterocycles. The van der Waals surface area contributed by atoms with Crippen LogP contribution in [0.25, 0.3) is 0 Å². The van der Waals surface area contributed by atoms with Gasteiger partial charge in [0.2, 0.25) is 5.89 Å². The zero-order valence-electron chi connectivity index (χ0n) is 10.6. The van der Waals surface area contributed by atoms with Gasteiger partial charge >= 0.3 is 0 Å². The van der Waals surface area contributed by atoms with Crippen molar-refractivity contribution in [1.82, 2.24) is 10.1 Å². The standard InChI is InChI=1S/C11H18N2O4S/c1-8(2)10-12-9(17-13-10)7-11(14)3-5-18(15,16)6-4-11/h8,14H,3-7H2,1-2H3. The van der Waals surface area contributed by atoms with Crippen molar-refractivity contribution in [2.75, 3.05) is 11.5 Å². The van der Waals surface area contributed by atoms with Gasteiger partial charge in [0, 0.05) is 5.92 Å². The Balaban J connectivity index is 2.04. The number of aliphatic hydroxyl groups is 1. The van der Waals surface area contributed by atoms with Crippen LogP contribution in [0, 0.1) is 0 Å². The topological polar surface area (TPSA) is 93.3 Å². The molecule has 102 valence electrons. The van der Waals surface area contributed by atoms with Crippen LogP contribution < -0.4 is 0 Å². The number of aromatic nitrogens is 2. The molecule has 0 unspecified atom stereocenters. The predicted molar refractivity (Wildman–Crippen MR) is 64.9 cm³/mol. The lowest BCUT2D eigenvalue weighted by Crippen LogP contribution is -2.41. The van der Waals surface area contributed by atoms with Crippen LogP contribution in [0.1, 0.15) is 44.3 Å². The number of rotatable bonds is 3. The number of hydrogen-bond acceptors (Lipinski definition) is 6. The molecule has 1 fully saturated rings. The molecule has 2 rings (SSSR count). The Labute approximate surface area is 106 Å². The molecule has 18 heavy (non-hydrogen) atoms. The number of sulfone groups is 1. The van der Waals surface area contributed by atoms with E-state index in [0.29, 0.717) is 11.7 Å². The van der Waals surface area contributed by atoms with Gasteiger partial charge in [0.1, 0.15) is 0 Å². The van der Waals surface area contributed by atoms with E-state index in [0.717, 1.165) is 0 Å². The zero-order valence-corrected chi connectivity index (χ0v) is 11.4. The lowest BCUT2D eigenvalue weighted by Gasteiger charge is -2.30. The maximum Gasteiger partial charge on any atom is 0.229 e. The van der Waals surface area contributed by atoms with E-state index in [9.17, 15) is 13.5 Å². The van der Waals surface area contributed by atoms with E-state index in [1.165, 1.54) is 0 Å². The fourth-order valence-corrected chi connectivity index (χ4v) is 3.54. The highest BCUT2D eigenvalue weighted by atomic mass is 32.2. The maximum absolute atomic E-state index is 11.3. The van der Waals surface area contributed by atoms with Crippen molar-refractivity contribution in [3.8, 4) is 0 Å². The summed E-state index contributed by atoms with van der Waals surface area (Å²) in [5.74, 6) is 1.20. The van der Waals surface area contributed by atoms with E-state index in [-0.39, 0.29) is 36.7 Å². The molecule has 1 aliphatic rings. The lowest BCUT2D eigenvalue weighted by molar-refractivity contribution is 0.0233. The summed E-state index contributed by atoms with van der Waals surface area (Å²) in [5.41, 5.74) is -1.04. The molecule has 1 aliphatic heterocycles. The zero-order chi connectivity index (χ0) is 13.4. The molecular formula is C11H18N2O4S. The minimum absolute atomic E-state index is 0.0225. The molecule has 0 bridgehead atoms. The van der Waals surface area contributed by atoms with Gasteiger partial charge in [-0.2, -0.15) is 4.98 Å².